The third-order valence-electron chi connectivity index (χ3n) is 2.55. The Balaban J connectivity index is 2.15. The fourth-order valence-electron chi connectivity index (χ4n) is 1.65. The topological polar surface area (TPSA) is 59.7 Å². The number of hydrogen-bond donors (Lipinski definition) is 1. The molecule has 2 aromatic rings. The minimum atomic E-state index is -1.07. The van der Waals surface area contributed by atoms with Crippen LogP contribution < -0.4 is 4.74 Å². The zero-order valence-corrected chi connectivity index (χ0v) is 10.00. The van der Waals surface area contributed by atoms with Crippen molar-refractivity contribution in [1.29, 1.82) is 0 Å². The number of carboxylic acid groups (broad SMARTS) is 1. The lowest BCUT2D eigenvalue weighted by molar-refractivity contribution is 0.0653. The lowest BCUT2D eigenvalue weighted by atomic mass is 10.2. The first-order valence-corrected chi connectivity index (χ1v) is 5.75. The van der Waals surface area contributed by atoms with Crippen LogP contribution in [0, 0.1) is 0 Å². The van der Waals surface area contributed by atoms with Gasteiger partial charge >= 0.3 is 5.97 Å². The molecule has 0 saturated carbocycles. The van der Waals surface area contributed by atoms with Crippen LogP contribution in [0.2, 0.25) is 0 Å². The first-order valence-electron chi connectivity index (χ1n) is 5.75. The number of para-hydroxylation sites is 1. The highest BCUT2D eigenvalue weighted by Gasteiger charge is 2.17. The van der Waals surface area contributed by atoms with Crippen LogP contribution >= 0.6 is 0 Å². The summed E-state index contributed by atoms with van der Waals surface area (Å²) in [6, 6.07) is 12.5. The Labute approximate surface area is 105 Å². The van der Waals surface area contributed by atoms with Gasteiger partial charge in [-0.05, 0) is 30.7 Å². The van der Waals surface area contributed by atoms with Gasteiger partial charge in [-0.2, -0.15) is 0 Å². The maximum absolute atomic E-state index is 10.7. The van der Waals surface area contributed by atoms with E-state index in [4.69, 9.17) is 14.3 Å². The van der Waals surface area contributed by atoms with E-state index in [9.17, 15) is 4.79 Å². The van der Waals surface area contributed by atoms with Gasteiger partial charge in [-0.3, -0.25) is 0 Å². The van der Waals surface area contributed by atoms with Crippen LogP contribution in [0.1, 0.15) is 35.8 Å². The number of aromatic carboxylic acids is 1. The molecule has 1 heterocycles. The zero-order chi connectivity index (χ0) is 13.0. The predicted octanol–water partition coefficient (Wildman–Crippen LogP) is 3.51. The molecule has 4 heteroatoms. The van der Waals surface area contributed by atoms with E-state index in [0.29, 0.717) is 12.2 Å². The van der Waals surface area contributed by atoms with Crippen molar-refractivity contribution in [3.63, 3.8) is 0 Å². The summed E-state index contributed by atoms with van der Waals surface area (Å²) in [4.78, 5) is 10.7. The largest absolute Gasteiger partial charge is 0.483 e. The normalized spacial score (nSPS) is 12.1. The molecule has 0 radical (unpaired) electrons. The first kappa shape index (κ1) is 12.2. The van der Waals surface area contributed by atoms with Gasteiger partial charge in [0.25, 0.3) is 0 Å². The molecule has 0 unspecified atom stereocenters. The molecule has 4 nitrogen and oxygen atoms in total. The van der Waals surface area contributed by atoms with Crippen molar-refractivity contribution in [2.45, 2.75) is 19.4 Å². The Morgan fingerprint density at radius 2 is 2.00 bits per heavy atom. The van der Waals surface area contributed by atoms with E-state index in [0.717, 1.165) is 5.75 Å². The van der Waals surface area contributed by atoms with Gasteiger partial charge in [-0.1, -0.05) is 25.1 Å². The van der Waals surface area contributed by atoms with Crippen LogP contribution in [0.3, 0.4) is 0 Å². The second-order valence-corrected chi connectivity index (χ2v) is 3.83. The summed E-state index contributed by atoms with van der Waals surface area (Å²) >= 11 is 0. The van der Waals surface area contributed by atoms with Crippen LogP contribution in [-0.2, 0) is 0 Å². The van der Waals surface area contributed by atoms with Crippen molar-refractivity contribution in [2.24, 2.45) is 0 Å². The molecule has 0 saturated heterocycles. The molecule has 0 aliphatic rings. The Hall–Kier alpha value is -2.23. The van der Waals surface area contributed by atoms with Crippen molar-refractivity contribution in [3.05, 3.63) is 54.0 Å². The molecule has 0 bridgehead atoms. The monoisotopic (exact) mass is 246 g/mol. The number of carbonyl (C=O) groups is 1. The third-order valence-corrected chi connectivity index (χ3v) is 2.55. The van der Waals surface area contributed by atoms with Crippen molar-refractivity contribution in [3.8, 4) is 5.75 Å². The molecule has 0 aliphatic heterocycles. The Kier molecular flexibility index (Phi) is 3.67. The van der Waals surface area contributed by atoms with Crippen LogP contribution in [-0.4, -0.2) is 11.1 Å². The van der Waals surface area contributed by atoms with Crippen LogP contribution in [0.5, 0.6) is 5.75 Å². The van der Waals surface area contributed by atoms with Gasteiger partial charge in [0.15, 0.2) is 6.10 Å². The Morgan fingerprint density at radius 3 is 2.56 bits per heavy atom. The number of ether oxygens (including phenoxy) is 1. The fourth-order valence-corrected chi connectivity index (χ4v) is 1.65. The summed E-state index contributed by atoms with van der Waals surface area (Å²) in [5.41, 5.74) is 0. The molecule has 1 aromatic heterocycles. The molecular weight excluding hydrogens is 232 g/mol. The van der Waals surface area contributed by atoms with Gasteiger partial charge in [-0.15, -0.1) is 0 Å². The van der Waals surface area contributed by atoms with E-state index >= 15 is 0 Å². The molecule has 94 valence electrons. The summed E-state index contributed by atoms with van der Waals surface area (Å²) < 4.78 is 11.0. The molecule has 2 rings (SSSR count). The van der Waals surface area contributed by atoms with E-state index in [1.807, 2.05) is 37.3 Å². The molecule has 1 N–H and O–H groups in total. The van der Waals surface area contributed by atoms with Gasteiger partial charge in [-0.25, -0.2) is 4.79 Å². The Bertz CT molecular complexity index is 516. The molecule has 0 aliphatic carbocycles. The van der Waals surface area contributed by atoms with E-state index in [1.54, 1.807) is 6.07 Å². The average Bonchev–Trinajstić information content (AvgIpc) is 2.87. The SMILES string of the molecule is CC[C@@H](Oc1ccccc1)c1ccc(C(=O)O)o1. The third kappa shape index (κ3) is 2.71. The number of benzene rings is 1. The van der Waals surface area contributed by atoms with E-state index in [2.05, 4.69) is 0 Å². The zero-order valence-electron chi connectivity index (χ0n) is 10.00. The minimum Gasteiger partial charge on any atom is -0.483 e. The van der Waals surface area contributed by atoms with Crippen molar-refractivity contribution in [1.82, 2.24) is 0 Å². The van der Waals surface area contributed by atoms with Gasteiger partial charge in [0, 0.05) is 0 Å². The smallest absolute Gasteiger partial charge is 0.371 e. The number of carboxylic acids is 1. The molecule has 0 amide bonds. The first-order chi connectivity index (χ1) is 8.70. The summed E-state index contributed by atoms with van der Waals surface area (Å²) in [5.74, 6) is 0.118. The maximum Gasteiger partial charge on any atom is 0.371 e. The molecule has 18 heavy (non-hydrogen) atoms. The molecule has 0 fully saturated rings. The van der Waals surface area contributed by atoms with Crippen LogP contribution in [0.4, 0.5) is 0 Å². The maximum atomic E-state index is 10.7. The molecule has 1 atom stereocenters. The lowest BCUT2D eigenvalue weighted by Crippen LogP contribution is -2.05. The number of rotatable bonds is 5. The fraction of sp³-hybridized carbons (Fsp3) is 0.214. The summed E-state index contributed by atoms with van der Waals surface area (Å²) in [6.07, 6.45) is 0.419. The highest BCUT2D eigenvalue weighted by Crippen LogP contribution is 2.26. The predicted molar refractivity (Wildman–Crippen MR) is 65.8 cm³/mol. The number of hydrogen-bond acceptors (Lipinski definition) is 3. The molecule has 1 aromatic carbocycles. The van der Waals surface area contributed by atoms with Crippen LogP contribution in [0.15, 0.2) is 46.9 Å². The van der Waals surface area contributed by atoms with Crippen molar-refractivity contribution < 1.29 is 19.1 Å². The highest BCUT2D eigenvalue weighted by atomic mass is 16.5. The average molecular weight is 246 g/mol. The molecular formula is C14H14O4. The van der Waals surface area contributed by atoms with Crippen molar-refractivity contribution >= 4 is 5.97 Å². The van der Waals surface area contributed by atoms with Crippen LogP contribution in [0.25, 0.3) is 0 Å². The summed E-state index contributed by atoms with van der Waals surface area (Å²) in [7, 11) is 0. The molecule has 0 spiro atoms. The van der Waals surface area contributed by atoms with Gasteiger partial charge in [0.1, 0.15) is 11.5 Å². The number of furan rings is 1. The second-order valence-electron chi connectivity index (χ2n) is 3.83. The van der Waals surface area contributed by atoms with Gasteiger partial charge < -0.3 is 14.3 Å². The minimum absolute atomic E-state index is 0.0693. The second kappa shape index (κ2) is 5.40. The summed E-state index contributed by atoms with van der Waals surface area (Å²) in [5, 5.41) is 8.81. The van der Waals surface area contributed by atoms with Crippen molar-refractivity contribution in [2.75, 3.05) is 0 Å². The standard InChI is InChI=1S/C14H14O4/c1-2-11(17-10-6-4-3-5-7-10)12-8-9-13(18-12)14(15)16/h3-9,11H,2H2,1H3,(H,15,16)/t11-/m1/s1. The van der Waals surface area contributed by atoms with Gasteiger partial charge in [0.05, 0.1) is 0 Å². The highest BCUT2D eigenvalue weighted by molar-refractivity contribution is 5.84. The van der Waals surface area contributed by atoms with E-state index in [1.165, 1.54) is 6.07 Å². The van der Waals surface area contributed by atoms with Gasteiger partial charge in [0.2, 0.25) is 5.76 Å². The lowest BCUT2D eigenvalue weighted by Gasteiger charge is -2.15. The summed E-state index contributed by atoms with van der Waals surface area (Å²) in [6.45, 7) is 1.95. The van der Waals surface area contributed by atoms with E-state index in [-0.39, 0.29) is 11.9 Å². The van der Waals surface area contributed by atoms with E-state index < -0.39 is 5.97 Å². The Morgan fingerprint density at radius 1 is 1.28 bits per heavy atom. The quantitative estimate of drug-likeness (QED) is 0.877.